The van der Waals surface area contributed by atoms with E-state index in [4.69, 9.17) is 9.73 Å². The second-order valence-electron chi connectivity index (χ2n) is 7.85. The quantitative estimate of drug-likeness (QED) is 0.459. The lowest BCUT2D eigenvalue weighted by atomic mass is 9.93. The number of hydrogen-bond acceptors (Lipinski definition) is 4. The fourth-order valence-electron chi connectivity index (χ4n) is 3.88. The number of nitrogens with zero attached hydrogens (tertiary/aromatic N) is 1. The summed E-state index contributed by atoms with van der Waals surface area (Å²) in [5.41, 5.74) is 1.57. The standard InChI is InChI=1S/C24H21NO2S/c1-24(2)14-27-23(25-24)19-11-12-28-22(19)21(26)20-13-15-7-3-4-8-16(15)17-9-5-6-10-18(17)20/h3-13,21,26H,14H2,1-2H3. The van der Waals surface area contributed by atoms with Gasteiger partial charge in [-0.1, -0.05) is 48.5 Å². The van der Waals surface area contributed by atoms with Gasteiger partial charge in [0, 0.05) is 0 Å². The van der Waals surface area contributed by atoms with E-state index in [-0.39, 0.29) is 5.54 Å². The van der Waals surface area contributed by atoms with E-state index in [0.29, 0.717) is 12.5 Å². The van der Waals surface area contributed by atoms with E-state index in [1.165, 1.54) is 5.39 Å². The fourth-order valence-corrected chi connectivity index (χ4v) is 4.77. The van der Waals surface area contributed by atoms with Crippen molar-refractivity contribution in [3.8, 4) is 0 Å². The molecule has 1 atom stereocenters. The van der Waals surface area contributed by atoms with Crippen molar-refractivity contribution < 1.29 is 9.84 Å². The van der Waals surface area contributed by atoms with Crippen molar-refractivity contribution in [3.63, 3.8) is 0 Å². The van der Waals surface area contributed by atoms with E-state index in [0.717, 1.165) is 32.2 Å². The van der Waals surface area contributed by atoms with Crippen molar-refractivity contribution in [3.05, 3.63) is 82.0 Å². The van der Waals surface area contributed by atoms with E-state index in [1.807, 2.05) is 29.6 Å². The van der Waals surface area contributed by atoms with Gasteiger partial charge in [-0.15, -0.1) is 11.3 Å². The van der Waals surface area contributed by atoms with Gasteiger partial charge in [-0.05, 0) is 58.5 Å². The number of thiophene rings is 1. The van der Waals surface area contributed by atoms with Crippen LogP contribution in [0.3, 0.4) is 0 Å². The van der Waals surface area contributed by atoms with Crippen LogP contribution in [0.25, 0.3) is 21.5 Å². The van der Waals surface area contributed by atoms with Gasteiger partial charge < -0.3 is 9.84 Å². The summed E-state index contributed by atoms with van der Waals surface area (Å²) >= 11 is 1.54. The lowest BCUT2D eigenvalue weighted by Crippen LogP contribution is -2.17. The monoisotopic (exact) mass is 387 g/mol. The summed E-state index contributed by atoms with van der Waals surface area (Å²) in [7, 11) is 0. The van der Waals surface area contributed by atoms with Crippen molar-refractivity contribution in [2.75, 3.05) is 6.61 Å². The van der Waals surface area contributed by atoms with Crippen molar-refractivity contribution >= 4 is 38.8 Å². The number of hydrogen-bond donors (Lipinski definition) is 1. The van der Waals surface area contributed by atoms with Crippen LogP contribution < -0.4 is 0 Å². The first-order valence-corrected chi connectivity index (χ1v) is 10.3. The van der Waals surface area contributed by atoms with E-state index >= 15 is 0 Å². The number of ether oxygens (including phenoxy) is 1. The van der Waals surface area contributed by atoms with Gasteiger partial charge in [0.1, 0.15) is 12.7 Å². The molecule has 0 spiro atoms. The predicted molar refractivity (Wildman–Crippen MR) is 116 cm³/mol. The van der Waals surface area contributed by atoms with Crippen molar-refractivity contribution in [2.45, 2.75) is 25.5 Å². The molecule has 1 aromatic heterocycles. The van der Waals surface area contributed by atoms with Gasteiger partial charge in [0.15, 0.2) is 0 Å². The van der Waals surface area contributed by atoms with Gasteiger partial charge in [0.25, 0.3) is 0 Å². The molecule has 1 aliphatic heterocycles. The summed E-state index contributed by atoms with van der Waals surface area (Å²) in [6, 6.07) is 20.7. The lowest BCUT2D eigenvalue weighted by Gasteiger charge is -2.16. The van der Waals surface area contributed by atoms with Crippen LogP contribution in [-0.2, 0) is 4.74 Å². The van der Waals surface area contributed by atoms with Crippen molar-refractivity contribution in [1.82, 2.24) is 0 Å². The van der Waals surface area contributed by atoms with Crippen LogP contribution in [0.5, 0.6) is 0 Å². The van der Waals surface area contributed by atoms with Crippen LogP contribution in [-0.4, -0.2) is 23.2 Å². The molecule has 1 unspecified atom stereocenters. The molecule has 0 fully saturated rings. The summed E-state index contributed by atoms with van der Waals surface area (Å²) in [6.07, 6.45) is -0.737. The molecule has 0 aliphatic carbocycles. The maximum atomic E-state index is 11.4. The van der Waals surface area contributed by atoms with Crippen LogP contribution >= 0.6 is 11.3 Å². The highest BCUT2D eigenvalue weighted by Gasteiger charge is 2.30. The molecule has 28 heavy (non-hydrogen) atoms. The number of fused-ring (bicyclic) bond motifs is 3. The molecule has 3 aromatic carbocycles. The summed E-state index contributed by atoms with van der Waals surface area (Å²) in [6.45, 7) is 4.67. The van der Waals surface area contributed by atoms with E-state index in [2.05, 4.69) is 50.2 Å². The van der Waals surface area contributed by atoms with Crippen molar-refractivity contribution in [1.29, 1.82) is 0 Å². The highest BCUT2D eigenvalue weighted by atomic mass is 32.1. The Bertz CT molecular complexity index is 1220. The fraction of sp³-hybridized carbons (Fsp3) is 0.208. The zero-order chi connectivity index (χ0) is 19.3. The molecule has 4 heteroatoms. The third-order valence-corrected chi connectivity index (χ3v) is 6.20. The lowest BCUT2D eigenvalue weighted by molar-refractivity contribution is 0.225. The SMILES string of the molecule is CC1(C)COC(c2ccsc2C(O)c2cc3ccccc3c3ccccc23)=N1. The molecule has 0 bridgehead atoms. The van der Waals surface area contributed by atoms with E-state index in [9.17, 15) is 5.11 Å². The van der Waals surface area contributed by atoms with Crippen molar-refractivity contribution in [2.24, 2.45) is 4.99 Å². The van der Waals surface area contributed by atoms with Gasteiger partial charge in [-0.2, -0.15) is 0 Å². The normalized spacial score (nSPS) is 16.9. The van der Waals surface area contributed by atoms with E-state index < -0.39 is 6.10 Å². The Hall–Kier alpha value is -2.69. The number of aliphatic hydroxyl groups excluding tert-OH is 1. The van der Waals surface area contributed by atoms with Gasteiger partial charge >= 0.3 is 0 Å². The van der Waals surface area contributed by atoms with Crippen LogP contribution in [0, 0.1) is 0 Å². The minimum Gasteiger partial charge on any atom is -0.475 e. The third kappa shape index (κ3) is 2.81. The number of aliphatic imine (C=N–C) groups is 1. The smallest absolute Gasteiger partial charge is 0.218 e. The Morgan fingerprint density at radius 3 is 2.46 bits per heavy atom. The average Bonchev–Trinajstić information content (AvgIpc) is 3.33. The molecule has 2 heterocycles. The minimum atomic E-state index is -0.737. The first kappa shape index (κ1) is 17.4. The maximum absolute atomic E-state index is 11.4. The highest BCUT2D eigenvalue weighted by Crippen LogP contribution is 2.38. The van der Waals surface area contributed by atoms with E-state index in [1.54, 1.807) is 11.3 Å². The molecule has 5 rings (SSSR count). The van der Waals surface area contributed by atoms with Gasteiger partial charge in [-0.3, -0.25) is 0 Å². The Kier molecular flexibility index (Phi) is 4.00. The molecule has 4 aromatic rings. The van der Waals surface area contributed by atoms with Crippen LogP contribution in [0.1, 0.15) is 36.0 Å². The Balaban J connectivity index is 1.69. The topological polar surface area (TPSA) is 41.8 Å². The molecular formula is C24H21NO2S. The highest BCUT2D eigenvalue weighted by molar-refractivity contribution is 7.10. The number of benzene rings is 3. The second kappa shape index (κ2) is 6.43. The second-order valence-corrected chi connectivity index (χ2v) is 8.80. The predicted octanol–water partition coefficient (Wildman–Crippen LogP) is 5.69. The first-order valence-electron chi connectivity index (χ1n) is 9.42. The van der Waals surface area contributed by atoms with Crippen LogP contribution in [0.2, 0.25) is 0 Å². The molecule has 1 aliphatic rings. The molecule has 1 N–H and O–H groups in total. The molecule has 140 valence electrons. The van der Waals surface area contributed by atoms with Gasteiger partial charge in [0.2, 0.25) is 5.90 Å². The Morgan fingerprint density at radius 1 is 1.00 bits per heavy atom. The third-order valence-electron chi connectivity index (χ3n) is 5.23. The largest absolute Gasteiger partial charge is 0.475 e. The summed E-state index contributed by atoms with van der Waals surface area (Å²) in [5, 5.41) is 18.0. The average molecular weight is 388 g/mol. The zero-order valence-electron chi connectivity index (χ0n) is 15.8. The minimum absolute atomic E-state index is 0.227. The van der Waals surface area contributed by atoms with Gasteiger partial charge in [0.05, 0.1) is 16.0 Å². The first-order chi connectivity index (χ1) is 13.5. The zero-order valence-corrected chi connectivity index (χ0v) is 16.7. The number of aliphatic hydroxyl groups is 1. The molecule has 0 amide bonds. The van der Waals surface area contributed by atoms with Gasteiger partial charge in [-0.25, -0.2) is 4.99 Å². The summed E-state index contributed by atoms with van der Waals surface area (Å²) in [4.78, 5) is 5.57. The molecule has 0 saturated carbocycles. The Morgan fingerprint density at radius 2 is 1.71 bits per heavy atom. The summed E-state index contributed by atoms with van der Waals surface area (Å²) in [5.74, 6) is 0.630. The van der Waals surface area contributed by atoms with Crippen LogP contribution in [0.15, 0.2) is 71.0 Å². The molecular weight excluding hydrogens is 366 g/mol. The molecule has 0 saturated heterocycles. The summed E-state index contributed by atoms with van der Waals surface area (Å²) < 4.78 is 5.84. The number of rotatable bonds is 3. The maximum Gasteiger partial charge on any atom is 0.218 e. The molecule has 0 radical (unpaired) electrons. The Labute approximate surface area is 167 Å². The molecule has 3 nitrogen and oxygen atoms in total. The van der Waals surface area contributed by atoms with Crippen LogP contribution in [0.4, 0.5) is 0 Å².